The molecule has 0 spiro atoms. The van der Waals surface area contributed by atoms with Crippen molar-refractivity contribution in [2.24, 2.45) is 12.0 Å². The van der Waals surface area contributed by atoms with E-state index in [9.17, 15) is 4.79 Å². The Kier molecular flexibility index (Phi) is 2.14. The number of benzene rings is 1. The van der Waals surface area contributed by atoms with Crippen LogP contribution in [0, 0.1) is 0 Å². The van der Waals surface area contributed by atoms with Crippen molar-refractivity contribution in [2.45, 2.75) is 6.42 Å². The molecule has 1 aliphatic heterocycles. The van der Waals surface area contributed by atoms with Crippen LogP contribution < -0.4 is 0 Å². The molecule has 0 unspecified atom stereocenters. The number of hydrogen-bond acceptors (Lipinski definition) is 2. The maximum Gasteiger partial charge on any atom is 0.277 e. The summed E-state index contributed by atoms with van der Waals surface area (Å²) in [4.78, 5) is 16.0. The number of aromatic nitrogens is 2. The number of carbonyl (C=O) groups is 1. The molecule has 2 aromatic rings. The Morgan fingerprint density at radius 3 is 2.88 bits per heavy atom. The SMILES string of the molecule is Cn1cc(C2=NC(=O)c3ccccc3C2)cn1. The molecular weight excluding hydrogens is 214 g/mol. The lowest BCUT2D eigenvalue weighted by Crippen LogP contribution is -2.16. The van der Waals surface area contributed by atoms with Gasteiger partial charge in [-0.15, -0.1) is 0 Å². The van der Waals surface area contributed by atoms with Crippen molar-refractivity contribution in [3.63, 3.8) is 0 Å². The van der Waals surface area contributed by atoms with Gasteiger partial charge in [-0.3, -0.25) is 9.48 Å². The fourth-order valence-electron chi connectivity index (χ4n) is 2.02. The van der Waals surface area contributed by atoms with Gasteiger partial charge in [0.05, 0.1) is 11.9 Å². The largest absolute Gasteiger partial charge is 0.277 e. The van der Waals surface area contributed by atoms with Gasteiger partial charge in [-0.2, -0.15) is 5.10 Å². The molecule has 0 bridgehead atoms. The van der Waals surface area contributed by atoms with E-state index in [-0.39, 0.29) is 5.91 Å². The third-order valence-electron chi connectivity index (χ3n) is 2.88. The molecular formula is C13H11N3O. The number of fused-ring (bicyclic) bond motifs is 1. The number of amides is 1. The number of hydrogen-bond donors (Lipinski definition) is 0. The first-order valence-electron chi connectivity index (χ1n) is 5.43. The highest BCUT2D eigenvalue weighted by Gasteiger charge is 2.20. The van der Waals surface area contributed by atoms with Crippen LogP contribution >= 0.6 is 0 Å². The van der Waals surface area contributed by atoms with Crippen LogP contribution in [-0.4, -0.2) is 21.4 Å². The van der Waals surface area contributed by atoms with Crippen LogP contribution in [-0.2, 0) is 13.5 Å². The second-order valence-corrected chi connectivity index (χ2v) is 4.10. The minimum atomic E-state index is -0.161. The van der Waals surface area contributed by atoms with Crippen molar-refractivity contribution >= 4 is 11.6 Å². The van der Waals surface area contributed by atoms with E-state index in [2.05, 4.69) is 10.1 Å². The van der Waals surface area contributed by atoms with E-state index < -0.39 is 0 Å². The molecule has 17 heavy (non-hydrogen) atoms. The van der Waals surface area contributed by atoms with Crippen LogP contribution in [0.3, 0.4) is 0 Å². The van der Waals surface area contributed by atoms with Crippen LogP contribution in [0.2, 0.25) is 0 Å². The molecule has 3 rings (SSSR count). The summed E-state index contributed by atoms with van der Waals surface area (Å²) in [5.41, 5.74) is 3.45. The van der Waals surface area contributed by atoms with Crippen molar-refractivity contribution in [3.05, 3.63) is 53.3 Å². The predicted octanol–water partition coefficient (Wildman–Crippen LogP) is 1.61. The zero-order chi connectivity index (χ0) is 11.8. The van der Waals surface area contributed by atoms with Gasteiger partial charge in [0.1, 0.15) is 0 Å². The van der Waals surface area contributed by atoms with Gasteiger partial charge in [0.15, 0.2) is 0 Å². The second kappa shape index (κ2) is 3.66. The quantitative estimate of drug-likeness (QED) is 0.740. The molecule has 4 heteroatoms. The standard InChI is InChI=1S/C13H11N3O/c1-16-8-10(7-14-16)12-6-9-4-2-3-5-11(9)13(17)15-12/h2-5,7-8H,6H2,1H3. The van der Waals surface area contributed by atoms with Crippen LogP contribution in [0.4, 0.5) is 0 Å². The maximum atomic E-state index is 11.9. The normalized spacial score (nSPS) is 14.4. The lowest BCUT2D eigenvalue weighted by atomic mass is 9.96. The lowest BCUT2D eigenvalue weighted by Gasteiger charge is -2.13. The average molecular weight is 225 g/mol. The van der Waals surface area contributed by atoms with Crippen LogP contribution in [0.1, 0.15) is 21.5 Å². The van der Waals surface area contributed by atoms with Gasteiger partial charge in [-0.25, -0.2) is 4.99 Å². The van der Waals surface area contributed by atoms with Gasteiger partial charge in [-0.05, 0) is 11.6 Å². The summed E-state index contributed by atoms with van der Waals surface area (Å²) in [6.07, 6.45) is 4.30. The van der Waals surface area contributed by atoms with E-state index in [0.29, 0.717) is 12.0 Å². The van der Waals surface area contributed by atoms with Gasteiger partial charge >= 0.3 is 0 Å². The zero-order valence-corrected chi connectivity index (χ0v) is 9.42. The van der Waals surface area contributed by atoms with Gasteiger partial charge < -0.3 is 0 Å². The molecule has 0 saturated heterocycles. The Morgan fingerprint density at radius 1 is 1.29 bits per heavy atom. The molecule has 0 radical (unpaired) electrons. The monoisotopic (exact) mass is 225 g/mol. The molecule has 1 aliphatic rings. The summed E-state index contributed by atoms with van der Waals surface area (Å²) in [5.74, 6) is -0.161. The second-order valence-electron chi connectivity index (χ2n) is 4.10. The Hall–Kier alpha value is -2.23. The first-order valence-corrected chi connectivity index (χ1v) is 5.43. The van der Waals surface area contributed by atoms with E-state index in [1.54, 1.807) is 10.9 Å². The first kappa shape index (κ1) is 9.96. The maximum absolute atomic E-state index is 11.9. The van der Waals surface area contributed by atoms with Crippen molar-refractivity contribution in [1.29, 1.82) is 0 Å². The highest BCUT2D eigenvalue weighted by molar-refractivity contribution is 6.14. The molecule has 0 saturated carbocycles. The molecule has 0 atom stereocenters. The molecule has 1 aromatic heterocycles. The summed E-state index contributed by atoms with van der Waals surface area (Å²) >= 11 is 0. The van der Waals surface area contributed by atoms with E-state index in [1.165, 1.54) is 0 Å². The number of aliphatic imine (C=N–C) groups is 1. The highest BCUT2D eigenvalue weighted by atomic mass is 16.1. The fraction of sp³-hybridized carbons (Fsp3) is 0.154. The smallest absolute Gasteiger partial charge is 0.275 e. The Morgan fingerprint density at radius 2 is 2.12 bits per heavy atom. The van der Waals surface area contributed by atoms with E-state index in [0.717, 1.165) is 16.8 Å². The van der Waals surface area contributed by atoms with E-state index in [1.807, 2.05) is 37.5 Å². The van der Waals surface area contributed by atoms with Crippen molar-refractivity contribution in [1.82, 2.24) is 9.78 Å². The van der Waals surface area contributed by atoms with Crippen molar-refractivity contribution < 1.29 is 4.79 Å². The molecule has 1 amide bonds. The van der Waals surface area contributed by atoms with Gasteiger partial charge in [0.25, 0.3) is 5.91 Å². The number of rotatable bonds is 1. The molecule has 0 fully saturated rings. The summed E-state index contributed by atoms with van der Waals surface area (Å²) in [6.45, 7) is 0. The number of aryl methyl sites for hydroxylation is 1. The number of nitrogens with zero attached hydrogens (tertiary/aromatic N) is 3. The first-order chi connectivity index (χ1) is 8.24. The Bertz CT molecular complexity index is 625. The van der Waals surface area contributed by atoms with Crippen LogP contribution in [0.15, 0.2) is 41.7 Å². The molecule has 0 aliphatic carbocycles. The highest BCUT2D eigenvalue weighted by Crippen LogP contribution is 2.19. The topological polar surface area (TPSA) is 47.2 Å². The zero-order valence-electron chi connectivity index (χ0n) is 9.42. The minimum Gasteiger partial charge on any atom is -0.275 e. The summed E-state index contributed by atoms with van der Waals surface area (Å²) in [6, 6.07) is 7.60. The third-order valence-corrected chi connectivity index (χ3v) is 2.88. The minimum absolute atomic E-state index is 0.161. The summed E-state index contributed by atoms with van der Waals surface area (Å²) < 4.78 is 1.71. The van der Waals surface area contributed by atoms with Crippen LogP contribution in [0.5, 0.6) is 0 Å². The number of carbonyl (C=O) groups excluding carboxylic acids is 1. The fourth-order valence-corrected chi connectivity index (χ4v) is 2.02. The van der Waals surface area contributed by atoms with E-state index in [4.69, 9.17) is 0 Å². The van der Waals surface area contributed by atoms with Crippen LogP contribution in [0.25, 0.3) is 0 Å². The Labute approximate surface area is 98.6 Å². The Balaban J connectivity index is 2.04. The molecule has 84 valence electrons. The molecule has 1 aromatic carbocycles. The van der Waals surface area contributed by atoms with E-state index >= 15 is 0 Å². The molecule has 4 nitrogen and oxygen atoms in total. The lowest BCUT2D eigenvalue weighted by molar-refractivity contribution is 0.1000. The molecule has 2 heterocycles. The third kappa shape index (κ3) is 1.67. The van der Waals surface area contributed by atoms with Gasteiger partial charge in [0.2, 0.25) is 0 Å². The van der Waals surface area contributed by atoms with Crippen molar-refractivity contribution in [2.75, 3.05) is 0 Å². The van der Waals surface area contributed by atoms with Crippen molar-refractivity contribution in [3.8, 4) is 0 Å². The molecule has 0 N–H and O–H groups in total. The van der Waals surface area contributed by atoms with Gasteiger partial charge in [0, 0.05) is 30.8 Å². The summed E-state index contributed by atoms with van der Waals surface area (Å²) in [7, 11) is 1.85. The predicted molar refractivity (Wildman–Crippen MR) is 64.2 cm³/mol. The average Bonchev–Trinajstić information content (AvgIpc) is 2.76. The summed E-state index contributed by atoms with van der Waals surface area (Å²) in [5, 5.41) is 4.10. The van der Waals surface area contributed by atoms with Gasteiger partial charge in [-0.1, -0.05) is 18.2 Å².